The molecule has 0 unspecified atom stereocenters. The maximum absolute atomic E-state index is 11.7. The molecule has 0 aliphatic rings. The lowest BCUT2D eigenvalue weighted by atomic mass is 10.2. The van der Waals surface area contributed by atoms with Crippen LogP contribution in [0.3, 0.4) is 0 Å². The van der Waals surface area contributed by atoms with Gasteiger partial charge in [-0.15, -0.1) is 0 Å². The van der Waals surface area contributed by atoms with Crippen LogP contribution in [-0.4, -0.2) is 26.7 Å². The Balaban J connectivity index is 2.00. The Morgan fingerprint density at radius 2 is 2.00 bits per heavy atom. The zero-order chi connectivity index (χ0) is 15.4. The molecule has 1 aromatic carbocycles. The molecule has 7 nitrogen and oxygen atoms in total. The van der Waals surface area contributed by atoms with Gasteiger partial charge in [-0.1, -0.05) is 30.3 Å². The molecule has 7 heteroatoms. The third kappa shape index (κ3) is 3.38. The van der Waals surface area contributed by atoms with Crippen LogP contribution in [0.5, 0.6) is 0 Å². The molecule has 2 rings (SSSR count). The first-order valence-corrected chi connectivity index (χ1v) is 6.23. The zero-order valence-corrected chi connectivity index (χ0v) is 11.7. The number of imidazole rings is 1. The molecule has 21 heavy (non-hydrogen) atoms. The fourth-order valence-corrected chi connectivity index (χ4v) is 1.74. The molecule has 0 fully saturated rings. The Hall–Kier alpha value is -2.83. The molecular weight excluding hydrogens is 274 g/mol. The number of ether oxygens (including phenoxy) is 1. The summed E-state index contributed by atoms with van der Waals surface area (Å²) >= 11 is 0. The zero-order valence-electron chi connectivity index (χ0n) is 11.7. The number of aromatic nitrogens is 2. The summed E-state index contributed by atoms with van der Waals surface area (Å²) in [5, 5.41) is 11.4. The van der Waals surface area contributed by atoms with Gasteiger partial charge in [-0.05, 0) is 12.5 Å². The van der Waals surface area contributed by atoms with E-state index in [9.17, 15) is 9.59 Å². The Labute approximate surface area is 121 Å². The second-order valence-electron chi connectivity index (χ2n) is 4.42. The predicted octanol–water partition coefficient (Wildman–Crippen LogP) is 2.18. The van der Waals surface area contributed by atoms with E-state index >= 15 is 0 Å². The number of benzene rings is 1. The van der Waals surface area contributed by atoms with Gasteiger partial charge in [-0.2, -0.15) is 0 Å². The van der Waals surface area contributed by atoms with Crippen molar-refractivity contribution < 1.29 is 19.4 Å². The van der Waals surface area contributed by atoms with Crippen molar-refractivity contribution in [3.8, 4) is 0 Å². The lowest BCUT2D eigenvalue weighted by Gasteiger charge is -2.07. The van der Waals surface area contributed by atoms with Crippen LogP contribution in [0.25, 0.3) is 0 Å². The van der Waals surface area contributed by atoms with E-state index in [1.165, 1.54) is 4.57 Å². The number of rotatable bonds is 4. The molecule has 0 saturated heterocycles. The molecule has 110 valence electrons. The summed E-state index contributed by atoms with van der Waals surface area (Å²) in [6, 6.07) is 9.23. The number of amides is 1. The van der Waals surface area contributed by atoms with Gasteiger partial charge in [0.15, 0.2) is 5.69 Å². The minimum atomic E-state index is -1.14. The summed E-state index contributed by atoms with van der Waals surface area (Å²) in [7, 11) is 1.61. The molecule has 1 amide bonds. The van der Waals surface area contributed by atoms with Gasteiger partial charge >= 0.3 is 12.1 Å². The standard InChI is InChI=1S/C14H15N3O4/c1-9-11(12(18)19)15-13(17(9)2)16-14(20)21-8-10-6-4-3-5-7-10/h3-7H,8H2,1-2H3,(H,18,19)(H,15,16,20). The van der Waals surface area contributed by atoms with Crippen LogP contribution in [0, 0.1) is 6.92 Å². The Kier molecular flexibility index (Phi) is 4.22. The number of carboxylic acid groups (broad SMARTS) is 1. The maximum Gasteiger partial charge on any atom is 0.414 e. The largest absolute Gasteiger partial charge is 0.476 e. The average molecular weight is 289 g/mol. The number of nitrogens with zero attached hydrogens (tertiary/aromatic N) is 2. The summed E-state index contributed by atoms with van der Waals surface area (Å²) < 4.78 is 6.53. The van der Waals surface area contributed by atoms with E-state index in [1.54, 1.807) is 14.0 Å². The summed E-state index contributed by atoms with van der Waals surface area (Å²) in [5.74, 6) is -1.02. The number of carbonyl (C=O) groups excluding carboxylic acids is 1. The molecule has 0 aliphatic carbocycles. The highest BCUT2D eigenvalue weighted by Crippen LogP contribution is 2.14. The first kappa shape index (κ1) is 14.6. The predicted molar refractivity (Wildman–Crippen MR) is 75.2 cm³/mol. The number of carboxylic acids is 1. The summed E-state index contributed by atoms with van der Waals surface area (Å²) in [5.41, 5.74) is 1.20. The van der Waals surface area contributed by atoms with E-state index in [0.29, 0.717) is 5.69 Å². The maximum atomic E-state index is 11.7. The molecule has 0 bridgehead atoms. The fourth-order valence-electron chi connectivity index (χ4n) is 1.74. The number of aromatic carboxylic acids is 1. The molecule has 0 spiro atoms. The van der Waals surface area contributed by atoms with Gasteiger partial charge in [0.25, 0.3) is 0 Å². The van der Waals surface area contributed by atoms with Crippen molar-refractivity contribution in [1.82, 2.24) is 9.55 Å². The highest BCUT2D eigenvalue weighted by molar-refractivity contribution is 5.89. The summed E-state index contributed by atoms with van der Waals surface area (Å²) in [4.78, 5) is 26.5. The summed E-state index contributed by atoms with van der Waals surface area (Å²) in [6.45, 7) is 1.73. The molecular formula is C14H15N3O4. The number of hydrogen-bond acceptors (Lipinski definition) is 4. The van der Waals surface area contributed by atoms with Crippen LogP contribution in [0.2, 0.25) is 0 Å². The minimum absolute atomic E-state index is 0.101. The quantitative estimate of drug-likeness (QED) is 0.899. The van der Waals surface area contributed by atoms with E-state index < -0.39 is 12.1 Å². The van der Waals surface area contributed by atoms with E-state index in [0.717, 1.165) is 5.56 Å². The van der Waals surface area contributed by atoms with Gasteiger partial charge < -0.3 is 14.4 Å². The smallest absolute Gasteiger partial charge is 0.414 e. The van der Waals surface area contributed by atoms with E-state index in [4.69, 9.17) is 9.84 Å². The number of nitrogens with one attached hydrogen (secondary N) is 1. The Morgan fingerprint density at radius 1 is 1.33 bits per heavy atom. The second-order valence-corrected chi connectivity index (χ2v) is 4.42. The highest BCUT2D eigenvalue weighted by Gasteiger charge is 2.18. The molecule has 0 radical (unpaired) electrons. The second kappa shape index (κ2) is 6.08. The van der Waals surface area contributed by atoms with E-state index in [-0.39, 0.29) is 18.2 Å². The van der Waals surface area contributed by atoms with Crippen LogP contribution >= 0.6 is 0 Å². The van der Waals surface area contributed by atoms with Gasteiger partial charge in [0.05, 0.1) is 5.69 Å². The van der Waals surface area contributed by atoms with Gasteiger partial charge in [-0.25, -0.2) is 14.6 Å². The Bertz CT molecular complexity index is 664. The molecule has 1 aromatic heterocycles. The van der Waals surface area contributed by atoms with Gasteiger partial charge in [0.2, 0.25) is 5.95 Å². The monoisotopic (exact) mass is 289 g/mol. The van der Waals surface area contributed by atoms with Gasteiger partial charge in [-0.3, -0.25) is 5.32 Å². The fraction of sp³-hybridized carbons (Fsp3) is 0.214. The molecule has 2 N–H and O–H groups in total. The van der Waals surface area contributed by atoms with Crippen LogP contribution < -0.4 is 5.32 Å². The first-order chi connectivity index (χ1) is 9.99. The molecule has 0 saturated carbocycles. The Morgan fingerprint density at radius 3 is 2.57 bits per heavy atom. The number of carbonyl (C=O) groups is 2. The van der Waals surface area contributed by atoms with Gasteiger partial charge in [0.1, 0.15) is 6.61 Å². The third-order valence-corrected chi connectivity index (χ3v) is 3.01. The van der Waals surface area contributed by atoms with Crippen molar-refractivity contribution in [3.63, 3.8) is 0 Å². The lowest BCUT2D eigenvalue weighted by Crippen LogP contribution is -2.16. The van der Waals surface area contributed by atoms with Crippen molar-refractivity contribution in [2.24, 2.45) is 7.05 Å². The van der Waals surface area contributed by atoms with Crippen molar-refractivity contribution in [3.05, 3.63) is 47.3 Å². The van der Waals surface area contributed by atoms with Crippen LogP contribution in [0.15, 0.2) is 30.3 Å². The van der Waals surface area contributed by atoms with E-state index in [1.807, 2.05) is 30.3 Å². The van der Waals surface area contributed by atoms with E-state index in [2.05, 4.69) is 10.3 Å². The van der Waals surface area contributed by atoms with Crippen molar-refractivity contribution >= 4 is 18.0 Å². The van der Waals surface area contributed by atoms with Crippen LogP contribution in [-0.2, 0) is 18.4 Å². The van der Waals surface area contributed by atoms with Crippen LogP contribution in [0.4, 0.5) is 10.7 Å². The highest BCUT2D eigenvalue weighted by atomic mass is 16.5. The first-order valence-electron chi connectivity index (χ1n) is 6.23. The average Bonchev–Trinajstić information content (AvgIpc) is 2.75. The molecule has 1 heterocycles. The van der Waals surface area contributed by atoms with Crippen molar-refractivity contribution in [2.45, 2.75) is 13.5 Å². The van der Waals surface area contributed by atoms with Crippen molar-refractivity contribution in [1.29, 1.82) is 0 Å². The normalized spacial score (nSPS) is 10.2. The van der Waals surface area contributed by atoms with Crippen LogP contribution in [0.1, 0.15) is 21.7 Å². The molecule has 2 aromatic rings. The molecule has 0 atom stereocenters. The van der Waals surface area contributed by atoms with Gasteiger partial charge in [0, 0.05) is 7.05 Å². The minimum Gasteiger partial charge on any atom is -0.476 e. The third-order valence-electron chi connectivity index (χ3n) is 3.01. The topological polar surface area (TPSA) is 93.4 Å². The SMILES string of the molecule is Cc1c(C(=O)O)nc(NC(=O)OCc2ccccc2)n1C. The summed E-state index contributed by atoms with van der Waals surface area (Å²) in [6.07, 6.45) is -0.691. The molecule has 0 aliphatic heterocycles. The number of anilines is 1. The number of hydrogen-bond donors (Lipinski definition) is 2. The lowest BCUT2D eigenvalue weighted by molar-refractivity contribution is 0.0690. The van der Waals surface area contributed by atoms with Crippen molar-refractivity contribution in [2.75, 3.05) is 5.32 Å².